The van der Waals surface area contributed by atoms with Crippen LogP contribution in [0.5, 0.6) is 0 Å². The monoisotopic (exact) mass is 311 g/mol. The lowest BCUT2D eigenvalue weighted by Crippen LogP contribution is -2.34. The Kier molecular flexibility index (Phi) is 7.53. The molecule has 0 bridgehead atoms. The van der Waals surface area contributed by atoms with E-state index in [1.807, 2.05) is 6.92 Å². The first-order valence-corrected chi connectivity index (χ1v) is 7.89. The molecule has 2 N–H and O–H groups in total. The van der Waals surface area contributed by atoms with E-state index in [-0.39, 0.29) is 18.6 Å². The molecule has 1 unspecified atom stereocenters. The summed E-state index contributed by atoms with van der Waals surface area (Å²) in [5.74, 6) is 7.03. The van der Waals surface area contributed by atoms with Crippen LogP contribution in [-0.4, -0.2) is 35.2 Å². The van der Waals surface area contributed by atoms with E-state index in [9.17, 15) is 4.79 Å². The summed E-state index contributed by atoms with van der Waals surface area (Å²) in [6, 6.07) is 5.08. The van der Waals surface area contributed by atoms with Gasteiger partial charge in [-0.1, -0.05) is 30.4 Å². The number of hydrogen-bond acceptors (Lipinski definition) is 3. The maximum atomic E-state index is 12.0. The number of amides is 1. The molecular weight excluding hydrogens is 294 g/mol. The van der Waals surface area contributed by atoms with Crippen LogP contribution >= 0.6 is 23.4 Å². The Morgan fingerprint density at radius 2 is 2.30 bits per heavy atom. The Morgan fingerprint density at radius 3 is 2.90 bits per heavy atom. The van der Waals surface area contributed by atoms with Crippen LogP contribution in [0.15, 0.2) is 18.2 Å². The smallest absolute Gasteiger partial charge is 0.251 e. The van der Waals surface area contributed by atoms with Crippen molar-refractivity contribution in [2.24, 2.45) is 0 Å². The van der Waals surface area contributed by atoms with Crippen molar-refractivity contribution in [3.63, 3.8) is 0 Å². The van der Waals surface area contributed by atoms with Gasteiger partial charge in [0.15, 0.2) is 0 Å². The fourth-order valence-corrected chi connectivity index (χ4v) is 2.44. The molecule has 0 aliphatic carbocycles. The predicted molar refractivity (Wildman–Crippen MR) is 85.3 cm³/mol. The number of aliphatic hydroxyl groups is 1. The molecule has 0 spiro atoms. The lowest BCUT2D eigenvalue weighted by atomic mass is 10.1. The maximum absolute atomic E-state index is 12.0. The lowest BCUT2D eigenvalue weighted by Gasteiger charge is -2.13. The zero-order chi connectivity index (χ0) is 15.0. The van der Waals surface area contributed by atoms with Crippen molar-refractivity contribution >= 4 is 29.3 Å². The van der Waals surface area contributed by atoms with Gasteiger partial charge in [-0.25, -0.2) is 0 Å². The molecule has 1 aromatic carbocycles. The van der Waals surface area contributed by atoms with Crippen LogP contribution in [0, 0.1) is 11.8 Å². The van der Waals surface area contributed by atoms with Gasteiger partial charge in [-0.2, -0.15) is 11.8 Å². The number of hydrogen-bond donors (Lipinski definition) is 2. The molecule has 0 aliphatic heterocycles. The first-order valence-electron chi connectivity index (χ1n) is 6.36. The van der Waals surface area contributed by atoms with Crippen molar-refractivity contribution in [2.75, 3.05) is 18.1 Å². The van der Waals surface area contributed by atoms with E-state index < -0.39 is 0 Å². The van der Waals surface area contributed by atoms with Crippen LogP contribution in [0.25, 0.3) is 0 Å². The third-order valence-corrected chi connectivity index (χ3v) is 3.94. The van der Waals surface area contributed by atoms with Crippen LogP contribution in [0.1, 0.15) is 29.8 Å². The first kappa shape index (κ1) is 16.9. The van der Waals surface area contributed by atoms with Crippen LogP contribution in [-0.2, 0) is 0 Å². The maximum Gasteiger partial charge on any atom is 0.251 e. The summed E-state index contributed by atoms with van der Waals surface area (Å²) in [4.78, 5) is 12.0. The van der Waals surface area contributed by atoms with Gasteiger partial charge in [-0.3, -0.25) is 4.79 Å². The van der Waals surface area contributed by atoms with E-state index in [1.54, 1.807) is 30.0 Å². The Bertz CT molecular complexity index is 522. The second-order valence-corrected chi connectivity index (χ2v) is 5.91. The highest BCUT2D eigenvalue weighted by Gasteiger charge is 2.11. The topological polar surface area (TPSA) is 49.3 Å². The van der Waals surface area contributed by atoms with Crippen LogP contribution in [0.2, 0.25) is 5.02 Å². The zero-order valence-corrected chi connectivity index (χ0v) is 13.1. The second-order valence-electron chi connectivity index (χ2n) is 4.19. The van der Waals surface area contributed by atoms with Gasteiger partial charge in [0.05, 0.1) is 5.02 Å². The van der Waals surface area contributed by atoms with Crippen molar-refractivity contribution in [1.29, 1.82) is 0 Å². The van der Waals surface area contributed by atoms with Crippen molar-refractivity contribution in [2.45, 2.75) is 19.9 Å². The predicted octanol–water partition coefficient (Wildman–Crippen LogP) is 2.56. The summed E-state index contributed by atoms with van der Waals surface area (Å²) < 4.78 is 0. The average Bonchev–Trinajstić information content (AvgIpc) is 2.43. The molecule has 108 valence electrons. The highest BCUT2D eigenvalue weighted by atomic mass is 35.5. The molecule has 0 saturated carbocycles. The van der Waals surface area contributed by atoms with E-state index in [0.29, 0.717) is 16.1 Å². The molecular formula is C15H18ClNO2S. The minimum Gasteiger partial charge on any atom is -0.384 e. The molecule has 0 fully saturated rings. The number of rotatable bonds is 5. The SMILES string of the molecule is CCSCC(C)NC(=O)c1ccc(C#CCO)c(Cl)c1. The van der Waals surface area contributed by atoms with Crippen LogP contribution in [0.3, 0.4) is 0 Å². The molecule has 0 aliphatic rings. The van der Waals surface area contributed by atoms with Gasteiger partial charge in [-0.15, -0.1) is 0 Å². The van der Waals surface area contributed by atoms with E-state index in [2.05, 4.69) is 24.1 Å². The molecule has 1 aromatic rings. The summed E-state index contributed by atoms with van der Waals surface area (Å²) in [6.07, 6.45) is 0. The molecule has 0 heterocycles. The Labute approximate surface area is 129 Å². The van der Waals surface area contributed by atoms with Crippen LogP contribution in [0.4, 0.5) is 0 Å². The molecule has 1 rings (SSSR count). The number of nitrogens with one attached hydrogen (secondary N) is 1. The molecule has 1 atom stereocenters. The van der Waals surface area contributed by atoms with Gasteiger partial charge >= 0.3 is 0 Å². The third-order valence-electron chi connectivity index (χ3n) is 2.48. The average molecular weight is 312 g/mol. The zero-order valence-electron chi connectivity index (χ0n) is 11.6. The van der Waals surface area contributed by atoms with Crippen molar-refractivity contribution in [3.8, 4) is 11.8 Å². The highest BCUT2D eigenvalue weighted by molar-refractivity contribution is 7.99. The summed E-state index contributed by atoms with van der Waals surface area (Å²) in [6.45, 7) is 3.85. The van der Waals surface area contributed by atoms with Gasteiger partial charge in [0.1, 0.15) is 6.61 Å². The van der Waals surface area contributed by atoms with E-state index in [4.69, 9.17) is 16.7 Å². The number of benzene rings is 1. The summed E-state index contributed by atoms with van der Waals surface area (Å²) >= 11 is 7.85. The Morgan fingerprint density at radius 1 is 1.55 bits per heavy atom. The van der Waals surface area contributed by atoms with E-state index >= 15 is 0 Å². The second kappa shape index (κ2) is 8.91. The normalized spacial score (nSPS) is 11.4. The minimum atomic E-state index is -0.217. The van der Waals surface area contributed by atoms with E-state index in [0.717, 1.165) is 11.5 Å². The van der Waals surface area contributed by atoms with Crippen LogP contribution < -0.4 is 5.32 Å². The minimum absolute atomic E-state index is 0.111. The number of thioether (sulfide) groups is 1. The van der Waals surface area contributed by atoms with Gasteiger partial charge in [-0.05, 0) is 30.9 Å². The van der Waals surface area contributed by atoms with Gasteiger partial charge in [0.2, 0.25) is 0 Å². The molecule has 20 heavy (non-hydrogen) atoms. The Hall–Kier alpha value is -1.15. The highest BCUT2D eigenvalue weighted by Crippen LogP contribution is 2.17. The molecule has 0 saturated heterocycles. The number of carbonyl (C=O) groups is 1. The van der Waals surface area contributed by atoms with Crippen molar-refractivity contribution in [1.82, 2.24) is 5.32 Å². The van der Waals surface area contributed by atoms with Crippen molar-refractivity contribution in [3.05, 3.63) is 34.3 Å². The lowest BCUT2D eigenvalue weighted by molar-refractivity contribution is 0.0944. The molecule has 1 amide bonds. The molecule has 5 heteroatoms. The van der Waals surface area contributed by atoms with Crippen molar-refractivity contribution < 1.29 is 9.90 Å². The van der Waals surface area contributed by atoms with E-state index in [1.165, 1.54) is 0 Å². The van der Waals surface area contributed by atoms with Gasteiger partial charge in [0, 0.05) is 22.9 Å². The Balaban J connectivity index is 2.72. The number of carbonyl (C=O) groups excluding carboxylic acids is 1. The van der Waals surface area contributed by atoms with Gasteiger partial charge < -0.3 is 10.4 Å². The largest absolute Gasteiger partial charge is 0.384 e. The fraction of sp³-hybridized carbons (Fsp3) is 0.400. The fourth-order valence-electron chi connectivity index (χ4n) is 1.54. The van der Waals surface area contributed by atoms with Gasteiger partial charge in [0.25, 0.3) is 5.91 Å². The molecule has 0 aromatic heterocycles. The summed E-state index contributed by atoms with van der Waals surface area (Å²) in [7, 11) is 0. The number of aliphatic hydroxyl groups excluding tert-OH is 1. The molecule has 3 nitrogen and oxygen atoms in total. The first-order chi connectivity index (χ1) is 9.58. The number of halogens is 1. The third kappa shape index (κ3) is 5.46. The summed E-state index contributed by atoms with van der Waals surface area (Å²) in [5, 5.41) is 12.0. The summed E-state index contributed by atoms with van der Waals surface area (Å²) in [5.41, 5.74) is 1.12. The standard InChI is InChI=1S/C15H18ClNO2S/c1-3-20-10-11(2)17-15(19)13-7-6-12(5-4-8-18)14(16)9-13/h6-7,9,11,18H,3,8,10H2,1-2H3,(H,17,19). The molecule has 0 radical (unpaired) electrons. The quantitative estimate of drug-likeness (QED) is 0.822.